The van der Waals surface area contributed by atoms with Crippen LogP contribution in [0.3, 0.4) is 0 Å². The van der Waals surface area contributed by atoms with E-state index < -0.39 is 24.2 Å². The minimum Gasteiger partial charge on any atom is -0.495 e. The molecule has 2 amide bonds. The van der Waals surface area contributed by atoms with Gasteiger partial charge in [0.25, 0.3) is 0 Å². The number of para-hydroxylation sites is 1. The lowest BCUT2D eigenvalue weighted by Crippen LogP contribution is -2.53. The van der Waals surface area contributed by atoms with Gasteiger partial charge in [-0.1, -0.05) is 18.2 Å². The summed E-state index contributed by atoms with van der Waals surface area (Å²) in [6.45, 7) is 1.09. The fourth-order valence-corrected chi connectivity index (χ4v) is 3.20. The van der Waals surface area contributed by atoms with Gasteiger partial charge >= 0.3 is 18.2 Å². The van der Waals surface area contributed by atoms with Crippen molar-refractivity contribution in [3.05, 3.63) is 54.4 Å². The van der Waals surface area contributed by atoms with Crippen LogP contribution in [0.2, 0.25) is 0 Å². The monoisotopic (exact) mass is 438 g/mol. The van der Waals surface area contributed by atoms with Crippen molar-refractivity contribution >= 4 is 17.7 Å². The Morgan fingerprint density at radius 2 is 1.94 bits per heavy atom. The van der Waals surface area contributed by atoms with Crippen molar-refractivity contribution in [2.24, 2.45) is 0 Å². The molecular formula is C20H21F3N4O4. The number of nitrogens with zero attached hydrogens (tertiary/aromatic N) is 2. The highest BCUT2D eigenvalue weighted by Crippen LogP contribution is 2.25. The number of hydrogen-bond acceptors (Lipinski definition) is 6. The topological polar surface area (TPSA) is 92.8 Å². The van der Waals surface area contributed by atoms with E-state index in [1.54, 1.807) is 24.4 Å². The minimum atomic E-state index is -5.25. The van der Waals surface area contributed by atoms with Crippen LogP contribution in [0.15, 0.2) is 48.7 Å². The number of alkyl halides is 3. The molecule has 2 N–H and O–H groups in total. The van der Waals surface area contributed by atoms with E-state index in [1.807, 2.05) is 0 Å². The number of methoxy groups -OCH3 is 1. The first-order valence-corrected chi connectivity index (χ1v) is 9.45. The summed E-state index contributed by atoms with van der Waals surface area (Å²) in [5, 5.41) is 6.21. The summed E-state index contributed by atoms with van der Waals surface area (Å²) >= 11 is 0. The molecule has 1 fully saturated rings. The van der Waals surface area contributed by atoms with Crippen LogP contribution in [0.5, 0.6) is 5.75 Å². The Kier molecular flexibility index (Phi) is 6.95. The Morgan fingerprint density at radius 3 is 2.55 bits per heavy atom. The highest BCUT2D eigenvalue weighted by Gasteiger charge is 2.44. The molecule has 1 aromatic heterocycles. The number of hydroxylamine groups is 1. The lowest BCUT2D eigenvalue weighted by Gasteiger charge is -2.33. The molecule has 2 heterocycles. The van der Waals surface area contributed by atoms with Gasteiger partial charge in [0.2, 0.25) is 0 Å². The minimum absolute atomic E-state index is 0.0225. The van der Waals surface area contributed by atoms with Gasteiger partial charge in [0, 0.05) is 24.2 Å². The summed E-state index contributed by atoms with van der Waals surface area (Å²) < 4.78 is 43.3. The number of benzene rings is 1. The maximum absolute atomic E-state index is 12.9. The van der Waals surface area contributed by atoms with E-state index in [0.717, 1.165) is 0 Å². The number of hydrogen-bond donors (Lipinski definition) is 2. The normalized spacial score (nSPS) is 18.7. The number of piperidine rings is 1. The SMILES string of the molecule is COc1ccc(C2CNCCC2NC(=O)N(OC(=O)C(F)(F)F)c2ccccc2)nc1. The van der Waals surface area contributed by atoms with E-state index >= 15 is 0 Å². The summed E-state index contributed by atoms with van der Waals surface area (Å²) in [7, 11) is 1.52. The standard InChI is InChI=1S/C20H21F3N4O4/c1-30-14-7-8-16(25-11-14)15-12-24-10-9-17(15)26-19(29)27(13-5-3-2-4-6-13)31-18(28)20(21,22)23/h2-8,11,15,17,24H,9-10,12H2,1H3,(H,26,29). The van der Waals surface area contributed by atoms with Gasteiger partial charge < -0.3 is 20.2 Å². The molecule has 0 saturated carbocycles. The molecule has 0 aliphatic carbocycles. The Hall–Kier alpha value is -3.34. The third-order valence-electron chi connectivity index (χ3n) is 4.75. The Bertz CT molecular complexity index is 894. The number of carbonyl (C=O) groups is 2. The summed E-state index contributed by atoms with van der Waals surface area (Å²) in [4.78, 5) is 33.0. The third kappa shape index (κ3) is 5.63. The van der Waals surface area contributed by atoms with Gasteiger partial charge in [-0.05, 0) is 37.2 Å². The van der Waals surface area contributed by atoms with E-state index in [4.69, 9.17) is 4.74 Å². The zero-order valence-electron chi connectivity index (χ0n) is 16.6. The Balaban J connectivity index is 1.80. The predicted molar refractivity (Wildman–Crippen MR) is 104 cm³/mol. The highest BCUT2D eigenvalue weighted by atomic mass is 19.4. The zero-order valence-corrected chi connectivity index (χ0v) is 16.6. The molecular weight excluding hydrogens is 417 g/mol. The van der Waals surface area contributed by atoms with Crippen molar-refractivity contribution in [1.82, 2.24) is 15.6 Å². The van der Waals surface area contributed by atoms with Crippen molar-refractivity contribution in [2.75, 3.05) is 25.3 Å². The van der Waals surface area contributed by atoms with Crippen LogP contribution in [0, 0.1) is 0 Å². The number of aromatic nitrogens is 1. The fraction of sp³-hybridized carbons (Fsp3) is 0.350. The van der Waals surface area contributed by atoms with E-state index in [2.05, 4.69) is 20.5 Å². The van der Waals surface area contributed by atoms with E-state index in [1.165, 1.54) is 31.4 Å². The molecule has 1 aromatic carbocycles. The first kappa shape index (κ1) is 22.3. The molecule has 2 atom stereocenters. The second-order valence-electron chi connectivity index (χ2n) is 6.78. The van der Waals surface area contributed by atoms with Crippen molar-refractivity contribution in [2.45, 2.75) is 24.6 Å². The quantitative estimate of drug-likeness (QED) is 0.714. The first-order valence-electron chi connectivity index (χ1n) is 9.45. The van der Waals surface area contributed by atoms with Crippen LogP contribution in [0.1, 0.15) is 18.0 Å². The molecule has 1 saturated heterocycles. The van der Waals surface area contributed by atoms with Gasteiger partial charge in [-0.2, -0.15) is 13.2 Å². The number of halogens is 3. The zero-order chi connectivity index (χ0) is 22.4. The molecule has 1 aliphatic heterocycles. The molecule has 1 aliphatic rings. The summed E-state index contributed by atoms with van der Waals surface area (Å²) in [5.74, 6) is -2.17. The molecule has 2 aromatic rings. The second kappa shape index (κ2) is 9.65. The molecule has 31 heavy (non-hydrogen) atoms. The molecule has 3 rings (SSSR count). The third-order valence-corrected chi connectivity index (χ3v) is 4.75. The van der Waals surface area contributed by atoms with Gasteiger partial charge in [-0.15, -0.1) is 5.06 Å². The smallest absolute Gasteiger partial charge is 0.493 e. The van der Waals surface area contributed by atoms with Crippen LogP contribution in [-0.2, 0) is 9.63 Å². The molecule has 0 spiro atoms. The first-order chi connectivity index (χ1) is 14.8. The van der Waals surface area contributed by atoms with Crippen molar-refractivity contribution in [1.29, 1.82) is 0 Å². The number of ether oxygens (including phenoxy) is 1. The lowest BCUT2D eigenvalue weighted by molar-refractivity contribution is -0.199. The number of nitrogens with one attached hydrogen (secondary N) is 2. The highest BCUT2D eigenvalue weighted by molar-refractivity contribution is 5.93. The number of urea groups is 1. The maximum Gasteiger partial charge on any atom is 0.493 e. The van der Waals surface area contributed by atoms with Gasteiger partial charge in [0.05, 0.1) is 19.0 Å². The largest absolute Gasteiger partial charge is 0.495 e. The average Bonchev–Trinajstić information content (AvgIpc) is 2.77. The Labute approximate surface area is 176 Å². The van der Waals surface area contributed by atoms with Crippen molar-refractivity contribution in [3.8, 4) is 5.75 Å². The average molecular weight is 438 g/mol. The predicted octanol–water partition coefficient (Wildman–Crippen LogP) is 2.77. The van der Waals surface area contributed by atoms with E-state index in [0.29, 0.717) is 36.0 Å². The molecule has 0 radical (unpaired) electrons. The van der Waals surface area contributed by atoms with E-state index in [9.17, 15) is 22.8 Å². The number of rotatable bonds is 4. The van der Waals surface area contributed by atoms with Crippen molar-refractivity contribution < 1.29 is 32.3 Å². The van der Waals surface area contributed by atoms with Crippen LogP contribution in [-0.4, -0.2) is 49.4 Å². The van der Waals surface area contributed by atoms with Crippen LogP contribution in [0.25, 0.3) is 0 Å². The molecule has 11 heteroatoms. The van der Waals surface area contributed by atoms with Gasteiger partial charge in [-0.3, -0.25) is 4.98 Å². The van der Waals surface area contributed by atoms with Gasteiger partial charge in [-0.25, -0.2) is 9.59 Å². The lowest BCUT2D eigenvalue weighted by atomic mass is 9.90. The van der Waals surface area contributed by atoms with Crippen LogP contribution in [0.4, 0.5) is 23.7 Å². The molecule has 166 valence electrons. The molecule has 2 unspecified atom stereocenters. The maximum atomic E-state index is 12.9. The number of carbonyl (C=O) groups excluding carboxylic acids is 2. The van der Waals surface area contributed by atoms with Gasteiger partial charge in [0.1, 0.15) is 5.75 Å². The summed E-state index contributed by atoms with van der Waals surface area (Å²) in [6, 6.07) is 9.38. The van der Waals surface area contributed by atoms with Gasteiger partial charge in [0.15, 0.2) is 0 Å². The van der Waals surface area contributed by atoms with Crippen LogP contribution < -0.4 is 20.4 Å². The fourth-order valence-electron chi connectivity index (χ4n) is 3.20. The second-order valence-corrected chi connectivity index (χ2v) is 6.78. The Morgan fingerprint density at radius 1 is 1.19 bits per heavy atom. The number of pyridine rings is 1. The van der Waals surface area contributed by atoms with Crippen molar-refractivity contribution in [3.63, 3.8) is 0 Å². The van der Waals surface area contributed by atoms with E-state index in [-0.39, 0.29) is 11.6 Å². The molecule has 8 nitrogen and oxygen atoms in total. The molecule has 0 bridgehead atoms. The van der Waals surface area contributed by atoms with Crippen LogP contribution >= 0.6 is 0 Å². The number of anilines is 1. The summed E-state index contributed by atoms with van der Waals surface area (Å²) in [5.41, 5.74) is 0.655. The summed E-state index contributed by atoms with van der Waals surface area (Å²) in [6.07, 6.45) is -3.21. The number of amides is 2.